The van der Waals surface area contributed by atoms with Gasteiger partial charge in [-0.3, -0.25) is 4.79 Å². The Morgan fingerprint density at radius 1 is 1.16 bits per heavy atom. The Hall–Kier alpha value is -2.55. The number of rotatable bonds is 6. The Morgan fingerprint density at radius 3 is 2.48 bits per heavy atom. The van der Waals surface area contributed by atoms with Gasteiger partial charge in [-0.25, -0.2) is 0 Å². The topological polar surface area (TPSA) is 38.3 Å². The lowest BCUT2D eigenvalue weighted by Crippen LogP contribution is -2.27. The third kappa shape index (κ3) is 4.30. The molecule has 0 aromatic heterocycles. The summed E-state index contributed by atoms with van der Waals surface area (Å²) in [5.41, 5.74) is 6.43. The summed E-state index contributed by atoms with van der Waals surface area (Å²) in [6, 6.07) is 9.77. The third-order valence-corrected chi connectivity index (χ3v) is 4.60. The van der Waals surface area contributed by atoms with Crippen molar-refractivity contribution in [3.05, 3.63) is 76.4 Å². The second kappa shape index (κ2) is 8.02. The number of amides is 1. The summed E-state index contributed by atoms with van der Waals surface area (Å²) in [5.74, 6) is 0.688. The average molecular weight is 337 g/mol. The summed E-state index contributed by atoms with van der Waals surface area (Å²) in [6.45, 7) is 12.1. The lowest BCUT2D eigenvalue weighted by Gasteiger charge is -2.19. The van der Waals surface area contributed by atoms with E-state index in [2.05, 4.69) is 44.8 Å². The van der Waals surface area contributed by atoms with Gasteiger partial charge in [-0.05, 0) is 80.1 Å². The van der Waals surface area contributed by atoms with E-state index in [-0.39, 0.29) is 11.9 Å². The van der Waals surface area contributed by atoms with Crippen molar-refractivity contribution >= 4 is 5.91 Å². The second-order valence-corrected chi connectivity index (χ2v) is 6.51. The number of hydrogen-bond acceptors (Lipinski definition) is 2. The van der Waals surface area contributed by atoms with Gasteiger partial charge in [-0.1, -0.05) is 18.2 Å². The van der Waals surface area contributed by atoms with Crippen LogP contribution in [0, 0.1) is 20.8 Å². The molecule has 25 heavy (non-hydrogen) atoms. The first-order chi connectivity index (χ1) is 11.9. The minimum absolute atomic E-state index is 0.0586. The van der Waals surface area contributed by atoms with Crippen molar-refractivity contribution in [1.82, 2.24) is 5.32 Å². The highest BCUT2D eigenvalue weighted by molar-refractivity contribution is 5.94. The van der Waals surface area contributed by atoms with Gasteiger partial charge in [0.1, 0.15) is 5.75 Å². The molecule has 0 aliphatic rings. The van der Waals surface area contributed by atoms with Crippen LogP contribution in [-0.2, 0) is 6.42 Å². The fourth-order valence-corrected chi connectivity index (χ4v) is 3.04. The van der Waals surface area contributed by atoms with Crippen LogP contribution in [0.2, 0.25) is 0 Å². The van der Waals surface area contributed by atoms with Crippen LogP contribution in [-0.4, -0.2) is 13.0 Å². The largest absolute Gasteiger partial charge is 0.496 e. The Balaban J connectivity index is 2.23. The fourth-order valence-electron chi connectivity index (χ4n) is 3.04. The zero-order chi connectivity index (χ0) is 18.6. The minimum Gasteiger partial charge on any atom is -0.496 e. The summed E-state index contributed by atoms with van der Waals surface area (Å²) in [7, 11) is 1.63. The lowest BCUT2D eigenvalue weighted by atomic mass is 9.96. The number of carbonyl (C=O) groups is 1. The summed E-state index contributed by atoms with van der Waals surface area (Å²) in [4.78, 5) is 12.7. The molecule has 2 rings (SSSR count). The zero-order valence-corrected chi connectivity index (χ0v) is 15.8. The van der Waals surface area contributed by atoms with Crippen molar-refractivity contribution in [3.8, 4) is 5.75 Å². The molecule has 1 amide bonds. The summed E-state index contributed by atoms with van der Waals surface area (Å²) in [6.07, 6.45) is 2.47. The Labute approximate surface area is 150 Å². The van der Waals surface area contributed by atoms with E-state index in [4.69, 9.17) is 4.74 Å². The van der Waals surface area contributed by atoms with Gasteiger partial charge in [0.15, 0.2) is 0 Å². The van der Waals surface area contributed by atoms with E-state index in [9.17, 15) is 4.79 Å². The van der Waals surface area contributed by atoms with Crippen LogP contribution in [0.1, 0.15) is 51.1 Å². The van der Waals surface area contributed by atoms with Crippen LogP contribution < -0.4 is 10.1 Å². The lowest BCUT2D eigenvalue weighted by molar-refractivity contribution is 0.0939. The van der Waals surface area contributed by atoms with Crippen molar-refractivity contribution < 1.29 is 9.53 Å². The highest BCUT2D eigenvalue weighted by Crippen LogP contribution is 2.24. The molecule has 1 atom stereocenters. The number of ether oxygens (including phenoxy) is 1. The molecular weight excluding hydrogens is 310 g/mol. The fraction of sp³-hybridized carbons (Fsp3) is 0.318. The molecule has 0 heterocycles. The van der Waals surface area contributed by atoms with E-state index in [1.165, 1.54) is 16.7 Å². The Morgan fingerprint density at radius 2 is 1.84 bits per heavy atom. The predicted molar refractivity (Wildman–Crippen MR) is 103 cm³/mol. The van der Waals surface area contributed by atoms with Gasteiger partial charge in [0.2, 0.25) is 0 Å². The van der Waals surface area contributed by atoms with Gasteiger partial charge in [-0.15, -0.1) is 6.58 Å². The van der Waals surface area contributed by atoms with E-state index < -0.39 is 0 Å². The summed E-state index contributed by atoms with van der Waals surface area (Å²) in [5, 5.41) is 3.10. The molecule has 2 aromatic rings. The maximum atomic E-state index is 12.7. The molecule has 1 N–H and O–H groups in total. The van der Waals surface area contributed by atoms with Gasteiger partial charge >= 0.3 is 0 Å². The monoisotopic (exact) mass is 337 g/mol. The van der Waals surface area contributed by atoms with Crippen molar-refractivity contribution in [3.63, 3.8) is 0 Å². The van der Waals surface area contributed by atoms with E-state index >= 15 is 0 Å². The molecule has 0 bridgehead atoms. The molecule has 3 heteroatoms. The third-order valence-electron chi connectivity index (χ3n) is 4.60. The summed E-state index contributed by atoms with van der Waals surface area (Å²) >= 11 is 0. The van der Waals surface area contributed by atoms with Gasteiger partial charge in [0.25, 0.3) is 5.91 Å². The van der Waals surface area contributed by atoms with E-state index in [0.717, 1.165) is 16.9 Å². The standard InChI is InChI=1S/C22H27NO2/c1-7-8-18-13-19(9-10-21(18)25-6)22(24)23-17(5)20-12-15(3)14(2)11-16(20)4/h7,9-13,17H,1,8H2,2-6H3,(H,23,24)/t17-/m0/s1. The van der Waals surface area contributed by atoms with Gasteiger partial charge in [0.05, 0.1) is 13.2 Å². The number of methoxy groups -OCH3 is 1. The van der Waals surface area contributed by atoms with Gasteiger partial charge < -0.3 is 10.1 Å². The predicted octanol–water partition coefficient (Wildman–Crippen LogP) is 4.84. The Kier molecular flexibility index (Phi) is 6.02. The maximum Gasteiger partial charge on any atom is 0.251 e. The van der Waals surface area contributed by atoms with Crippen LogP contribution in [0.5, 0.6) is 5.75 Å². The summed E-state index contributed by atoms with van der Waals surface area (Å²) < 4.78 is 5.34. The molecule has 2 aromatic carbocycles. The normalized spacial score (nSPS) is 11.7. The minimum atomic E-state index is -0.0851. The molecule has 3 nitrogen and oxygen atoms in total. The smallest absolute Gasteiger partial charge is 0.251 e. The zero-order valence-electron chi connectivity index (χ0n) is 15.8. The van der Waals surface area contributed by atoms with Crippen LogP contribution in [0.25, 0.3) is 0 Å². The molecule has 0 aliphatic carbocycles. The van der Waals surface area contributed by atoms with Crippen molar-refractivity contribution in [1.29, 1.82) is 0 Å². The van der Waals surface area contributed by atoms with Crippen LogP contribution >= 0.6 is 0 Å². The number of carbonyl (C=O) groups excluding carboxylic acids is 1. The molecule has 0 saturated carbocycles. The van der Waals surface area contributed by atoms with Gasteiger partial charge in [0, 0.05) is 5.56 Å². The molecule has 132 valence electrons. The quantitative estimate of drug-likeness (QED) is 0.766. The first kappa shape index (κ1) is 18.8. The first-order valence-corrected chi connectivity index (χ1v) is 8.53. The molecule has 0 spiro atoms. The van der Waals surface area contributed by atoms with Crippen LogP contribution in [0.15, 0.2) is 43.0 Å². The maximum absolute atomic E-state index is 12.7. The Bertz CT molecular complexity index is 793. The SMILES string of the molecule is C=CCc1cc(C(=O)N[C@@H](C)c2cc(C)c(C)cc2C)ccc1OC. The first-order valence-electron chi connectivity index (χ1n) is 8.53. The number of nitrogens with one attached hydrogen (secondary N) is 1. The van der Waals surface area contributed by atoms with Gasteiger partial charge in [-0.2, -0.15) is 0 Å². The molecular formula is C22H27NO2. The molecule has 0 aliphatic heterocycles. The average Bonchev–Trinajstić information content (AvgIpc) is 2.58. The van der Waals surface area contributed by atoms with Crippen LogP contribution in [0.3, 0.4) is 0 Å². The van der Waals surface area contributed by atoms with Crippen molar-refractivity contribution in [2.45, 2.75) is 40.2 Å². The van der Waals surface area contributed by atoms with E-state index in [0.29, 0.717) is 12.0 Å². The number of hydrogen-bond donors (Lipinski definition) is 1. The number of aryl methyl sites for hydroxylation is 3. The van der Waals surface area contributed by atoms with Crippen LogP contribution in [0.4, 0.5) is 0 Å². The molecule has 0 unspecified atom stereocenters. The highest BCUT2D eigenvalue weighted by Gasteiger charge is 2.15. The van der Waals surface area contributed by atoms with Crippen molar-refractivity contribution in [2.24, 2.45) is 0 Å². The highest BCUT2D eigenvalue weighted by atomic mass is 16.5. The molecule has 0 fully saturated rings. The number of benzene rings is 2. The van der Waals surface area contributed by atoms with Crippen molar-refractivity contribution in [2.75, 3.05) is 7.11 Å². The second-order valence-electron chi connectivity index (χ2n) is 6.51. The van der Waals surface area contributed by atoms with E-state index in [1.54, 1.807) is 19.3 Å². The molecule has 0 radical (unpaired) electrons. The van der Waals surface area contributed by atoms with E-state index in [1.807, 2.05) is 19.1 Å². The number of allylic oxidation sites excluding steroid dienone is 1. The molecule has 0 saturated heterocycles.